The fourth-order valence-electron chi connectivity index (χ4n) is 2.34. The maximum atomic E-state index is 5.69. The summed E-state index contributed by atoms with van der Waals surface area (Å²) in [7, 11) is 1.65. The fourth-order valence-corrected chi connectivity index (χ4v) is 2.34. The molecule has 0 aliphatic carbocycles. The highest BCUT2D eigenvalue weighted by Gasteiger charge is 2.07. The molecule has 2 rings (SSSR count). The Morgan fingerprint density at radius 1 is 1.04 bits per heavy atom. The highest BCUT2D eigenvalue weighted by atomic mass is 16.5. The van der Waals surface area contributed by atoms with Gasteiger partial charge in [-0.2, -0.15) is 4.98 Å². The van der Waals surface area contributed by atoms with Crippen LogP contribution >= 0.6 is 0 Å². The summed E-state index contributed by atoms with van der Waals surface area (Å²) in [5, 5.41) is 3.22. The van der Waals surface area contributed by atoms with Crippen LogP contribution in [0.1, 0.15) is 19.5 Å². The van der Waals surface area contributed by atoms with Crippen molar-refractivity contribution in [3.63, 3.8) is 0 Å². The first kappa shape index (κ1) is 17.8. The number of aromatic nitrogens is 2. The van der Waals surface area contributed by atoms with Crippen LogP contribution in [0.5, 0.6) is 11.5 Å². The average Bonchev–Trinajstić information content (AvgIpc) is 2.60. The molecule has 0 radical (unpaired) electrons. The second-order valence-corrected chi connectivity index (χ2v) is 5.31. The Morgan fingerprint density at radius 2 is 1.71 bits per heavy atom. The van der Waals surface area contributed by atoms with Gasteiger partial charge >= 0.3 is 0 Å². The topological polar surface area (TPSA) is 59.5 Å². The molecule has 2 aromatic rings. The molecule has 0 fully saturated rings. The van der Waals surface area contributed by atoms with Gasteiger partial charge in [0.1, 0.15) is 23.9 Å². The van der Waals surface area contributed by atoms with Gasteiger partial charge in [0, 0.05) is 24.8 Å². The Bertz CT molecular complexity index is 627. The van der Waals surface area contributed by atoms with Crippen molar-refractivity contribution in [2.24, 2.45) is 0 Å². The van der Waals surface area contributed by atoms with Crippen LogP contribution in [0.4, 0.5) is 11.8 Å². The minimum atomic E-state index is 0.532. The molecular formula is C18H26N4O2. The number of nitrogens with one attached hydrogen (secondary N) is 1. The summed E-state index contributed by atoms with van der Waals surface area (Å²) in [5.41, 5.74) is 0.950. The quantitative estimate of drug-likeness (QED) is 0.713. The number of aryl methyl sites for hydroxylation is 1. The van der Waals surface area contributed by atoms with E-state index in [1.165, 1.54) is 0 Å². The van der Waals surface area contributed by atoms with E-state index in [1.807, 2.05) is 37.3 Å². The number of benzene rings is 1. The van der Waals surface area contributed by atoms with E-state index >= 15 is 0 Å². The summed E-state index contributed by atoms with van der Waals surface area (Å²) < 4.78 is 10.8. The molecule has 0 unspecified atom stereocenters. The van der Waals surface area contributed by atoms with Crippen molar-refractivity contribution in [2.75, 3.05) is 43.6 Å². The van der Waals surface area contributed by atoms with Crippen molar-refractivity contribution < 1.29 is 9.47 Å². The summed E-state index contributed by atoms with van der Waals surface area (Å²) in [4.78, 5) is 11.2. The number of hydrogen-bond acceptors (Lipinski definition) is 6. The molecule has 6 heteroatoms. The second-order valence-electron chi connectivity index (χ2n) is 5.31. The molecule has 0 aliphatic heterocycles. The maximum absolute atomic E-state index is 5.69. The highest BCUT2D eigenvalue weighted by Crippen LogP contribution is 2.17. The zero-order valence-corrected chi connectivity index (χ0v) is 14.9. The fraction of sp³-hybridized carbons (Fsp3) is 0.444. The van der Waals surface area contributed by atoms with Crippen molar-refractivity contribution >= 4 is 11.8 Å². The van der Waals surface area contributed by atoms with Gasteiger partial charge in [-0.05, 0) is 45.0 Å². The van der Waals surface area contributed by atoms with E-state index in [2.05, 4.69) is 34.0 Å². The molecule has 0 atom stereocenters. The predicted molar refractivity (Wildman–Crippen MR) is 97.3 cm³/mol. The van der Waals surface area contributed by atoms with Gasteiger partial charge in [-0.1, -0.05) is 0 Å². The molecule has 1 aromatic heterocycles. The SMILES string of the molecule is CCN(CC)c1cc(C)nc(NCCOc2ccc(OC)cc2)n1. The Kier molecular flexibility index (Phi) is 6.66. The summed E-state index contributed by atoms with van der Waals surface area (Å²) in [5.74, 6) is 3.21. The molecule has 24 heavy (non-hydrogen) atoms. The molecule has 0 spiro atoms. The first-order valence-corrected chi connectivity index (χ1v) is 8.27. The Labute approximate surface area is 143 Å². The van der Waals surface area contributed by atoms with E-state index < -0.39 is 0 Å². The van der Waals surface area contributed by atoms with Crippen LogP contribution in [0.15, 0.2) is 30.3 Å². The lowest BCUT2D eigenvalue weighted by Gasteiger charge is -2.20. The zero-order chi connectivity index (χ0) is 17.4. The van der Waals surface area contributed by atoms with E-state index in [9.17, 15) is 0 Å². The smallest absolute Gasteiger partial charge is 0.224 e. The van der Waals surface area contributed by atoms with Crippen LogP contribution < -0.4 is 19.7 Å². The molecule has 0 amide bonds. The number of ether oxygens (including phenoxy) is 2. The molecular weight excluding hydrogens is 304 g/mol. The third kappa shape index (κ3) is 5.01. The third-order valence-electron chi connectivity index (χ3n) is 3.64. The van der Waals surface area contributed by atoms with Crippen LogP contribution in [0.3, 0.4) is 0 Å². The number of nitrogens with zero attached hydrogens (tertiary/aromatic N) is 3. The number of anilines is 2. The number of methoxy groups -OCH3 is 1. The molecule has 1 aromatic carbocycles. The molecule has 130 valence electrons. The van der Waals surface area contributed by atoms with Crippen LogP contribution in [-0.4, -0.2) is 43.3 Å². The molecule has 6 nitrogen and oxygen atoms in total. The maximum Gasteiger partial charge on any atom is 0.224 e. The lowest BCUT2D eigenvalue weighted by atomic mass is 10.3. The largest absolute Gasteiger partial charge is 0.497 e. The minimum Gasteiger partial charge on any atom is -0.497 e. The van der Waals surface area contributed by atoms with Gasteiger partial charge in [0.15, 0.2) is 0 Å². The lowest BCUT2D eigenvalue weighted by molar-refractivity contribution is 0.331. The van der Waals surface area contributed by atoms with Gasteiger partial charge in [0.2, 0.25) is 5.95 Å². The summed E-state index contributed by atoms with van der Waals surface area (Å²) in [6.07, 6.45) is 0. The van der Waals surface area contributed by atoms with Gasteiger partial charge in [0.25, 0.3) is 0 Å². The Morgan fingerprint density at radius 3 is 2.33 bits per heavy atom. The third-order valence-corrected chi connectivity index (χ3v) is 3.64. The monoisotopic (exact) mass is 330 g/mol. The van der Waals surface area contributed by atoms with E-state index in [0.29, 0.717) is 19.1 Å². The van der Waals surface area contributed by atoms with Crippen molar-refractivity contribution in [3.8, 4) is 11.5 Å². The molecule has 0 saturated carbocycles. The van der Waals surface area contributed by atoms with Crippen molar-refractivity contribution in [3.05, 3.63) is 36.0 Å². The van der Waals surface area contributed by atoms with E-state index in [1.54, 1.807) is 7.11 Å². The van der Waals surface area contributed by atoms with E-state index in [0.717, 1.165) is 36.1 Å². The molecule has 0 aliphatic rings. The zero-order valence-electron chi connectivity index (χ0n) is 14.9. The van der Waals surface area contributed by atoms with E-state index in [4.69, 9.17) is 9.47 Å². The van der Waals surface area contributed by atoms with Gasteiger partial charge < -0.3 is 19.7 Å². The van der Waals surface area contributed by atoms with Crippen molar-refractivity contribution in [1.29, 1.82) is 0 Å². The second kappa shape index (κ2) is 8.96. The van der Waals surface area contributed by atoms with Crippen molar-refractivity contribution in [2.45, 2.75) is 20.8 Å². The highest BCUT2D eigenvalue weighted by molar-refractivity contribution is 5.44. The Balaban J connectivity index is 1.87. The number of rotatable bonds is 9. The van der Waals surface area contributed by atoms with Crippen LogP contribution in [0.2, 0.25) is 0 Å². The first-order valence-electron chi connectivity index (χ1n) is 8.27. The number of hydrogen-bond donors (Lipinski definition) is 1. The molecule has 0 bridgehead atoms. The van der Waals surface area contributed by atoms with E-state index in [-0.39, 0.29) is 0 Å². The summed E-state index contributed by atoms with van der Waals surface area (Å²) in [6.45, 7) is 9.23. The molecule has 1 N–H and O–H groups in total. The Hall–Kier alpha value is -2.50. The minimum absolute atomic E-state index is 0.532. The van der Waals surface area contributed by atoms with Crippen LogP contribution in [0.25, 0.3) is 0 Å². The van der Waals surface area contributed by atoms with Gasteiger partial charge in [0.05, 0.1) is 13.7 Å². The molecule has 0 saturated heterocycles. The summed E-state index contributed by atoms with van der Waals surface area (Å²) in [6, 6.07) is 9.54. The van der Waals surface area contributed by atoms with Crippen LogP contribution in [0, 0.1) is 6.92 Å². The molecule has 1 heterocycles. The first-order chi connectivity index (χ1) is 11.7. The van der Waals surface area contributed by atoms with Gasteiger partial charge in [-0.15, -0.1) is 0 Å². The summed E-state index contributed by atoms with van der Waals surface area (Å²) >= 11 is 0. The van der Waals surface area contributed by atoms with Gasteiger partial charge in [-0.3, -0.25) is 0 Å². The van der Waals surface area contributed by atoms with Gasteiger partial charge in [-0.25, -0.2) is 4.98 Å². The normalized spacial score (nSPS) is 10.3. The lowest BCUT2D eigenvalue weighted by Crippen LogP contribution is -2.24. The van der Waals surface area contributed by atoms with Crippen molar-refractivity contribution in [1.82, 2.24) is 9.97 Å². The predicted octanol–water partition coefficient (Wildman–Crippen LogP) is 3.13. The van der Waals surface area contributed by atoms with Crippen LogP contribution in [-0.2, 0) is 0 Å². The average molecular weight is 330 g/mol. The standard InChI is InChI=1S/C18H26N4O2/c1-5-22(6-2)17-13-14(3)20-18(21-17)19-11-12-24-16-9-7-15(23-4)8-10-16/h7-10,13H,5-6,11-12H2,1-4H3,(H,19,20,21).